The normalized spacial score (nSPS) is 16.6. The van der Waals surface area contributed by atoms with Crippen molar-refractivity contribution in [1.29, 1.82) is 0 Å². The molecule has 1 aliphatic carbocycles. The van der Waals surface area contributed by atoms with Gasteiger partial charge in [0.25, 0.3) is 10.1 Å². The zero-order chi connectivity index (χ0) is 43.4. The van der Waals surface area contributed by atoms with Crippen molar-refractivity contribution in [3.8, 4) is 23.1 Å². The number of rotatable bonds is 15. The number of aromatic hydroxyl groups is 2. The fourth-order valence-corrected chi connectivity index (χ4v) is 7.73. The van der Waals surface area contributed by atoms with Crippen molar-refractivity contribution in [2.75, 3.05) is 31.3 Å². The van der Waals surface area contributed by atoms with Gasteiger partial charge in [-0.25, -0.2) is 26.9 Å². The van der Waals surface area contributed by atoms with E-state index < -0.39 is 73.5 Å². The Morgan fingerprint density at radius 2 is 1.58 bits per heavy atom. The number of fused-ring (bicyclic) bond motifs is 2. The van der Waals surface area contributed by atoms with Crippen molar-refractivity contribution < 1.29 is 54.8 Å². The van der Waals surface area contributed by atoms with E-state index in [0.717, 1.165) is 34.4 Å². The van der Waals surface area contributed by atoms with E-state index in [0.29, 0.717) is 22.6 Å². The highest BCUT2D eigenvalue weighted by Gasteiger charge is 2.49. The molecule has 3 heterocycles. The van der Waals surface area contributed by atoms with Gasteiger partial charge in [-0.05, 0) is 56.4 Å². The molecule has 0 spiro atoms. The van der Waals surface area contributed by atoms with Gasteiger partial charge in [0, 0.05) is 58.8 Å². The third-order valence-corrected chi connectivity index (χ3v) is 11.1. The summed E-state index contributed by atoms with van der Waals surface area (Å²) in [6, 6.07) is 10.1. The molecule has 0 saturated heterocycles. The Labute approximate surface area is 340 Å². The van der Waals surface area contributed by atoms with Gasteiger partial charge in [-0.2, -0.15) is 8.42 Å². The molecule has 2 aliphatic heterocycles. The van der Waals surface area contributed by atoms with Gasteiger partial charge in [-0.1, -0.05) is 57.9 Å². The van der Waals surface area contributed by atoms with Crippen LogP contribution in [0.5, 0.6) is 11.8 Å². The van der Waals surface area contributed by atoms with Crippen molar-refractivity contribution >= 4 is 27.9 Å². The van der Waals surface area contributed by atoms with Crippen LogP contribution in [0.1, 0.15) is 89.5 Å². The van der Waals surface area contributed by atoms with Gasteiger partial charge < -0.3 is 24.4 Å². The first-order chi connectivity index (χ1) is 27.6. The number of aromatic nitrogens is 1. The lowest BCUT2D eigenvalue weighted by Crippen LogP contribution is -2.30. The molecule has 1 atom stereocenters. The molecule has 318 valence electrons. The van der Waals surface area contributed by atoms with Crippen LogP contribution in [0.2, 0.25) is 0 Å². The summed E-state index contributed by atoms with van der Waals surface area (Å²) in [5.74, 6) is -7.96. The molecule has 5 rings (SSSR count). The van der Waals surface area contributed by atoms with E-state index in [1.165, 1.54) is 4.90 Å². The number of unbranched alkanes of at least 4 members (excludes halogenated alkanes) is 3. The number of hydrogen-bond donors (Lipinski definition) is 3. The Morgan fingerprint density at radius 1 is 0.898 bits per heavy atom. The lowest BCUT2D eigenvalue weighted by molar-refractivity contribution is -0.145. The van der Waals surface area contributed by atoms with E-state index >= 15 is 8.78 Å². The van der Waals surface area contributed by atoms with E-state index in [1.54, 1.807) is 31.2 Å². The summed E-state index contributed by atoms with van der Waals surface area (Å²) in [5, 5.41) is 20.4. The molecular weight excluding hydrogens is 795 g/mol. The van der Waals surface area contributed by atoms with Crippen LogP contribution in [0.25, 0.3) is 17.4 Å². The smallest absolute Gasteiger partial charge is 0.333 e. The van der Waals surface area contributed by atoms with Crippen molar-refractivity contribution in [3.63, 3.8) is 0 Å². The second-order valence-electron chi connectivity index (χ2n) is 16.0. The summed E-state index contributed by atoms with van der Waals surface area (Å²) in [7, 11) is -0.451. The Bertz CT molecular complexity index is 2440. The van der Waals surface area contributed by atoms with E-state index in [4.69, 9.17) is 9.25 Å². The highest BCUT2D eigenvalue weighted by molar-refractivity contribution is 7.85. The molecule has 0 bridgehead atoms. The van der Waals surface area contributed by atoms with Gasteiger partial charge in [-0.15, -0.1) is 4.73 Å². The third kappa shape index (κ3) is 10.1. The van der Waals surface area contributed by atoms with Gasteiger partial charge in [0.15, 0.2) is 23.3 Å². The molecule has 0 fully saturated rings. The molecule has 3 N–H and O–H groups in total. The van der Waals surface area contributed by atoms with Gasteiger partial charge in [-0.3, -0.25) is 4.55 Å². The number of allylic oxidation sites excluding steroid dienone is 5. The Kier molecular flexibility index (Phi) is 13.6. The molecule has 3 aliphatic rings. The second kappa shape index (κ2) is 17.9. The van der Waals surface area contributed by atoms with Crippen LogP contribution in [0.3, 0.4) is 0 Å². The van der Waals surface area contributed by atoms with E-state index in [1.807, 2.05) is 69.8 Å². The van der Waals surface area contributed by atoms with Crippen molar-refractivity contribution in [3.05, 3.63) is 112 Å². The monoisotopic (exact) mass is 844 g/mol. The van der Waals surface area contributed by atoms with Crippen LogP contribution in [0, 0.1) is 23.3 Å². The molecule has 1 unspecified atom stereocenters. The van der Waals surface area contributed by atoms with Gasteiger partial charge in [0.05, 0.1) is 17.5 Å². The van der Waals surface area contributed by atoms with Crippen LogP contribution < -0.4 is 19.7 Å². The maximum Gasteiger partial charge on any atom is 0.333 e. The molecule has 0 amide bonds. The second-order valence-corrected chi connectivity index (χ2v) is 17.6. The van der Waals surface area contributed by atoms with Crippen LogP contribution in [0.15, 0.2) is 70.8 Å². The number of nitrogens with zero attached hydrogens (tertiary/aromatic N) is 3. The molecule has 0 saturated carbocycles. The van der Waals surface area contributed by atoms with E-state index in [-0.39, 0.29) is 50.5 Å². The van der Waals surface area contributed by atoms with Gasteiger partial charge in [0.2, 0.25) is 17.1 Å². The zero-order valence-electron chi connectivity index (χ0n) is 33.9. The number of carbonyl (C=O) groups excluding carboxylic acids is 1. The summed E-state index contributed by atoms with van der Waals surface area (Å²) in [4.78, 5) is 18.7. The first-order valence-corrected chi connectivity index (χ1v) is 20.8. The summed E-state index contributed by atoms with van der Waals surface area (Å²) in [5.41, 5.74) is -0.656. The Balaban J connectivity index is 1.48. The first-order valence-electron chi connectivity index (χ1n) is 19.2. The molecule has 16 heteroatoms. The van der Waals surface area contributed by atoms with Gasteiger partial charge in [0.1, 0.15) is 25.6 Å². The van der Waals surface area contributed by atoms with Crippen molar-refractivity contribution in [1.82, 2.24) is 9.31 Å². The molecule has 59 heavy (non-hydrogen) atoms. The molecular formula is C43H50F4N3O8S+. The minimum atomic E-state index is -4.32. The highest BCUT2D eigenvalue weighted by Crippen LogP contribution is 2.54. The van der Waals surface area contributed by atoms with Crippen molar-refractivity contribution in [2.45, 2.75) is 83.5 Å². The lowest BCUT2D eigenvalue weighted by atomic mass is 9.76. The fourth-order valence-electron chi connectivity index (χ4n) is 7.16. The summed E-state index contributed by atoms with van der Waals surface area (Å²) >= 11 is 0. The topological polar surface area (TPSA) is 145 Å². The predicted octanol–water partition coefficient (Wildman–Crippen LogP) is 7.99. The first kappa shape index (κ1) is 44.7. The average molecular weight is 845 g/mol. The standard InChI is InChI=1S/C43H49F4N3O8S/c1-42(2,3)32-25-27(29-19-18-28(48(5)6)26-30(29)57-32)15-9-7-10-16-31-43(4,22-12-14-24-59(54,55)56)36-37(44)38(45)39(46)40(47)41(36)49(31)23-13-8-11-17-35(53)58-50-33(51)20-21-34(50)52/h7,9-10,15-16,18-21,25-26H,8,11-14,17,22-24H2,1-6H3,(H2-,51,52,54,55,56)/p+1. The molecule has 1 aromatic carbocycles. The lowest BCUT2D eigenvalue weighted by Gasteiger charge is -2.30. The van der Waals surface area contributed by atoms with Crippen LogP contribution in [0.4, 0.5) is 23.2 Å². The quantitative estimate of drug-likeness (QED) is 0.0206. The van der Waals surface area contributed by atoms with Crippen LogP contribution in [-0.4, -0.2) is 60.3 Å². The predicted molar refractivity (Wildman–Crippen MR) is 216 cm³/mol. The summed E-state index contributed by atoms with van der Waals surface area (Å²) < 4.78 is 103. The number of carbonyl (C=O) groups is 1. The largest absolute Gasteiger partial charge is 0.492 e. The van der Waals surface area contributed by atoms with Crippen molar-refractivity contribution in [2.24, 2.45) is 0 Å². The van der Waals surface area contributed by atoms with Gasteiger partial charge >= 0.3 is 5.97 Å². The minimum absolute atomic E-state index is 0.0111. The fraction of sp³-hybridized carbons (Fsp3) is 0.395. The molecule has 2 aromatic rings. The molecule has 11 nitrogen and oxygen atoms in total. The number of benzene rings is 2. The highest BCUT2D eigenvalue weighted by atomic mass is 32.2. The summed E-state index contributed by atoms with van der Waals surface area (Å²) in [6.45, 7) is 7.66. The average Bonchev–Trinajstić information content (AvgIpc) is 3.60. The zero-order valence-corrected chi connectivity index (χ0v) is 34.7. The third-order valence-electron chi connectivity index (χ3n) is 10.3. The maximum atomic E-state index is 15.9. The SMILES string of the molecule is C[N+](C)=c1ccc2c(C=CC=CC=C3N(CCCCCC(=O)On4c(O)ccc4O)c4c(F)c(F)c(F)c(F)c4C3(C)CCCCS(=O)(=O)O)cc(C(C)(C)C)oc-2c1. The Hall–Kier alpha value is -5.35. The minimum Gasteiger partial charge on any atom is -0.492 e. The number of anilines is 1. The summed E-state index contributed by atoms with van der Waals surface area (Å²) in [6.07, 6.45) is 9.38. The van der Waals surface area contributed by atoms with Crippen LogP contribution in [-0.2, 0) is 25.7 Å². The van der Waals surface area contributed by atoms with E-state index in [9.17, 15) is 36.8 Å². The molecule has 0 radical (unpaired) electrons. The number of halogens is 4. The Morgan fingerprint density at radius 3 is 2.22 bits per heavy atom. The van der Waals surface area contributed by atoms with E-state index in [2.05, 4.69) is 0 Å². The van der Waals surface area contributed by atoms with Crippen LogP contribution >= 0.6 is 0 Å². The maximum absolute atomic E-state index is 15.9. The number of hydrogen-bond acceptors (Lipinski definition) is 8. The molecule has 1 aromatic heterocycles.